The third kappa shape index (κ3) is 2.23. The van der Waals surface area contributed by atoms with Gasteiger partial charge in [-0.2, -0.15) is 0 Å². The van der Waals surface area contributed by atoms with E-state index in [-0.39, 0.29) is 0 Å². The number of nitrogens with zero attached hydrogens (tertiary/aromatic N) is 3. The van der Waals surface area contributed by atoms with Gasteiger partial charge in [-0.1, -0.05) is 12.1 Å². The van der Waals surface area contributed by atoms with E-state index in [0.717, 1.165) is 48.2 Å². The number of benzene rings is 1. The zero-order valence-corrected chi connectivity index (χ0v) is 11.9. The number of aromatic nitrogens is 3. The SMILES string of the molecule is NC1CCC(Nc2nc3ccccc3n3ccnc23)CC1. The molecule has 4 rings (SSSR count). The van der Waals surface area contributed by atoms with Gasteiger partial charge in [0.15, 0.2) is 11.5 Å². The molecule has 3 aromatic rings. The Kier molecular flexibility index (Phi) is 3.00. The Bertz CT molecular complexity index is 771. The molecule has 0 aliphatic heterocycles. The smallest absolute Gasteiger partial charge is 0.180 e. The summed E-state index contributed by atoms with van der Waals surface area (Å²) in [5.41, 5.74) is 8.94. The van der Waals surface area contributed by atoms with Crippen LogP contribution in [0.2, 0.25) is 0 Å². The number of nitrogens with two attached hydrogens (primary N) is 1. The van der Waals surface area contributed by atoms with Crippen molar-refractivity contribution in [2.45, 2.75) is 37.8 Å². The van der Waals surface area contributed by atoms with Crippen molar-refractivity contribution in [1.29, 1.82) is 0 Å². The first kappa shape index (κ1) is 12.6. The van der Waals surface area contributed by atoms with Gasteiger partial charge in [0.05, 0.1) is 11.0 Å². The third-order valence-electron chi connectivity index (χ3n) is 4.34. The highest BCUT2D eigenvalue weighted by Crippen LogP contribution is 2.25. The van der Waals surface area contributed by atoms with Crippen LogP contribution in [0.3, 0.4) is 0 Å². The standard InChI is InChI=1S/C16H19N5/c17-11-5-7-12(8-6-11)19-15-16-18-9-10-21(16)14-4-2-1-3-13(14)20-15/h1-4,9-12H,5-8,17H2,(H,19,20). The molecule has 1 aliphatic carbocycles. The molecule has 0 unspecified atom stereocenters. The van der Waals surface area contributed by atoms with Crippen molar-refractivity contribution in [2.75, 3.05) is 5.32 Å². The first-order chi connectivity index (χ1) is 10.3. The molecule has 0 amide bonds. The lowest BCUT2D eigenvalue weighted by molar-refractivity contribution is 0.410. The van der Waals surface area contributed by atoms with Gasteiger partial charge in [-0.05, 0) is 37.8 Å². The van der Waals surface area contributed by atoms with Gasteiger partial charge in [0.25, 0.3) is 0 Å². The van der Waals surface area contributed by atoms with Crippen LogP contribution in [0.25, 0.3) is 16.7 Å². The summed E-state index contributed by atoms with van der Waals surface area (Å²) in [5, 5.41) is 3.57. The van der Waals surface area contributed by atoms with E-state index in [1.165, 1.54) is 0 Å². The number of rotatable bonds is 2. The number of imidazole rings is 1. The predicted molar refractivity (Wildman–Crippen MR) is 84.3 cm³/mol. The van der Waals surface area contributed by atoms with E-state index in [9.17, 15) is 0 Å². The largest absolute Gasteiger partial charge is 0.364 e. The maximum Gasteiger partial charge on any atom is 0.180 e. The minimum absolute atomic E-state index is 0.360. The highest BCUT2D eigenvalue weighted by atomic mass is 15.1. The normalized spacial score (nSPS) is 22.7. The summed E-state index contributed by atoms with van der Waals surface area (Å²) in [6.45, 7) is 0. The quantitative estimate of drug-likeness (QED) is 0.757. The van der Waals surface area contributed by atoms with Crippen LogP contribution in [0.15, 0.2) is 36.7 Å². The van der Waals surface area contributed by atoms with Crippen molar-refractivity contribution in [3.05, 3.63) is 36.7 Å². The minimum Gasteiger partial charge on any atom is -0.364 e. The van der Waals surface area contributed by atoms with E-state index < -0.39 is 0 Å². The lowest BCUT2D eigenvalue weighted by Gasteiger charge is -2.27. The molecule has 5 nitrogen and oxygen atoms in total. The molecular formula is C16H19N5. The van der Waals surface area contributed by atoms with Crippen molar-refractivity contribution in [3.8, 4) is 0 Å². The molecule has 1 saturated carbocycles. The molecule has 1 fully saturated rings. The lowest BCUT2D eigenvalue weighted by atomic mass is 9.92. The summed E-state index contributed by atoms with van der Waals surface area (Å²) in [4.78, 5) is 9.23. The predicted octanol–water partition coefficient (Wildman–Crippen LogP) is 2.56. The molecule has 0 atom stereocenters. The summed E-state index contributed by atoms with van der Waals surface area (Å²) >= 11 is 0. The number of nitrogens with one attached hydrogen (secondary N) is 1. The molecule has 0 bridgehead atoms. The number of anilines is 1. The van der Waals surface area contributed by atoms with Crippen molar-refractivity contribution in [2.24, 2.45) is 5.73 Å². The summed E-state index contributed by atoms with van der Waals surface area (Å²) in [7, 11) is 0. The second-order valence-electron chi connectivity index (χ2n) is 5.83. The Labute approximate surface area is 123 Å². The van der Waals surface area contributed by atoms with Crippen molar-refractivity contribution >= 4 is 22.5 Å². The molecule has 2 heterocycles. The highest BCUT2D eigenvalue weighted by Gasteiger charge is 2.20. The second-order valence-corrected chi connectivity index (χ2v) is 5.83. The van der Waals surface area contributed by atoms with Crippen molar-refractivity contribution < 1.29 is 0 Å². The van der Waals surface area contributed by atoms with Crippen LogP contribution >= 0.6 is 0 Å². The van der Waals surface area contributed by atoms with Crippen molar-refractivity contribution in [3.63, 3.8) is 0 Å². The zero-order valence-electron chi connectivity index (χ0n) is 11.9. The molecule has 1 aromatic carbocycles. The topological polar surface area (TPSA) is 68.2 Å². The zero-order chi connectivity index (χ0) is 14.2. The summed E-state index contributed by atoms with van der Waals surface area (Å²) in [6.07, 6.45) is 8.17. The van der Waals surface area contributed by atoms with Gasteiger partial charge in [0, 0.05) is 24.5 Å². The molecule has 0 radical (unpaired) electrons. The van der Waals surface area contributed by atoms with E-state index in [1.807, 2.05) is 30.6 Å². The molecule has 0 saturated heterocycles. The van der Waals surface area contributed by atoms with Crippen LogP contribution in [0.5, 0.6) is 0 Å². The summed E-state index contributed by atoms with van der Waals surface area (Å²) < 4.78 is 2.10. The Morgan fingerprint density at radius 1 is 1.14 bits per heavy atom. The van der Waals surface area contributed by atoms with Gasteiger partial charge in [-0.3, -0.25) is 4.40 Å². The van der Waals surface area contributed by atoms with Gasteiger partial charge in [-0.15, -0.1) is 0 Å². The fraction of sp³-hybridized carbons (Fsp3) is 0.375. The third-order valence-corrected chi connectivity index (χ3v) is 4.34. The van der Waals surface area contributed by atoms with Gasteiger partial charge in [-0.25, -0.2) is 9.97 Å². The Hall–Kier alpha value is -2.14. The molecule has 0 spiro atoms. The Morgan fingerprint density at radius 3 is 2.81 bits per heavy atom. The minimum atomic E-state index is 0.360. The summed E-state index contributed by atoms with van der Waals surface area (Å²) in [5.74, 6) is 0.874. The highest BCUT2D eigenvalue weighted by molar-refractivity contribution is 5.82. The van der Waals surface area contributed by atoms with Crippen LogP contribution < -0.4 is 11.1 Å². The van der Waals surface area contributed by atoms with Gasteiger partial charge >= 0.3 is 0 Å². The van der Waals surface area contributed by atoms with Crippen LogP contribution in [0.1, 0.15) is 25.7 Å². The molecule has 5 heteroatoms. The lowest BCUT2D eigenvalue weighted by Crippen LogP contribution is -2.33. The van der Waals surface area contributed by atoms with E-state index in [1.54, 1.807) is 0 Å². The molecule has 2 aromatic heterocycles. The second kappa shape index (κ2) is 5.00. The van der Waals surface area contributed by atoms with E-state index in [4.69, 9.17) is 10.7 Å². The van der Waals surface area contributed by atoms with Gasteiger partial charge in [0.1, 0.15) is 0 Å². The van der Waals surface area contributed by atoms with E-state index in [2.05, 4.69) is 20.8 Å². The fourth-order valence-corrected chi connectivity index (χ4v) is 3.16. The first-order valence-corrected chi connectivity index (χ1v) is 7.55. The molecule has 108 valence electrons. The molecular weight excluding hydrogens is 262 g/mol. The number of para-hydroxylation sites is 2. The van der Waals surface area contributed by atoms with Crippen molar-refractivity contribution in [1.82, 2.24) is 14.4 Å². The fourth-order valence-electron chi connectivity index (χ4n) is 3.16. The first-order valence-electron chi connectivity index (χ1n) is 7.55. The number of hydrogen-bond donors (Lipinski definition) is 2. The summed E-state index contributed by atoms with van der Waals surface area (Å²) in [6, 6.07) is 8.95. The van der Waals surface area contributed by atoms with Crippen LogP contribution in [0, 0.1) is 0 Å². The van der Waals surface area contributed by atoms with Gasteiger partial charge < -0.3 is 11.1 Å². The average Bonchev–Trinajstić information content (AvgIpc) is 3.00. The van der Waals surface area contributed by atoms with Crippen LogP contribution in [-0.2, 0) is 0 Å². The number of fused-ring (bicyclic) bond motifs is 3. The average molecular weight is 281 g/mol. The maximum atomic E-state index is 5.98. The molecule has 3 N–H and O–H groups in total. The van der Waals surface area contributed by atoms with Crippen LogP contribution in [-0.4, -0.2) is 26.5 Å². The number of hydrogen-bond acceptors (Lipinski definition) is 4. The Morgan fingerprint density at radius 2 is 1.95 bits per heavy atom. The Balaban J connectivity index is 1.74. The van der Waals surface area contributed by atoms with Gasteiger partial charge in [0.2, 0.25) is 0 Å². The maximum absolute atomic E-state index is 5.98. The molecule has 1 aliphatic rings. The molecule has 21 heavy (non-hydrogen) atoms. The van der Waals surface area contributed by atoms with E-state index >= 15 is 0 Å². The van der Waals surface area contributed by atoms with E-state index in [0.29, 0.717) is 12.1 Å². The van der Waals surface area contributed by atoms with Crippen LogP contribution in [0.4, 0.5) is 5.82 Å². The monoisotopic (exact) mass is 281 g/mol.